The Bertz CT molecular complexity index is 360. The second kappa shape index (κ2) is 4.86. The predicted molar refractivity (Wildman–Crippen MR) is 67.7 cm³/mol. The smallest absolute Gasteiger partial charge is 0.151 e. The minimum absolute atomic E-state index is 0.0367. The Balaban J connectivity index is 1.90. The van der Waals surface area contributed by atoms with Gasteiger partial charge in [0.1, 0.15) is 0 Å². The van der Waals surface area contributed by atoms with Gasteiger partial charge >= 0.3 is 0 Å². The van der Waals surface area contributed by atoms with Crippen LogP contribution in [0.5, 0.6) is 0 Å². The Morgan fingerprint density at radius 3 is 2.47 bits per heavy atom. The van der Waals surface area contributed by atoms with Crippen LogP contribution in [0.4, 0.5) is 0 Å². The molecule has 2 aliphatic rings. The molecular weight excluding hydrogens is 238 g/mol. The van der Waals surface area contributed by atoms with E-state index in [0.29, 0.717) is 6.54 Å². The van der Waals surface area contributed by atoms with Gasteiger partial charge in [-0.25, -0.2) is 8.42 Å². The van der Waals surface area contributed by atoms with Crippen LogP contribution in [-0.4, -0.2) is 43.2 Å². The fourth-order valence-corrected chi connectivity index (χ4v) is 4.63. The molecule has 0 aromatic rings. The van der Waals surface area contributed by atoms with Gasteiger partial charge in [-0.3, -0.25) is 0 Å². The van der Waals surface area contributed by atoms with Crippen molar-refractivity contribution in [3.05, 3.63) is 0 Å². The summed E-state index contributed by atoms with van der Waals surface area (Å²) in [5, 5.41) is 13.3. The van der Waals surface area contributed by atoms with Gasteiger partial charge in [0, 0.05) is 18.8 Å². The Hall–Kier alpha value is -0.130. The Labute approximate surface area is 104 Å². The summed E-state index contributed by atoms with van der Waals surface area (Å²) in [7, 11) is -2.96. The Morgan fingerprint density at radius 1 is 1.24 bits per heavy atom. The van der Waals surface area contributed by atoms with Crippen LogP contribution in [0.1, 0.15) is 44.9 Å². The maximum absolute atomic E-state index is 11.6. The number of hydrogen-bond donors (Lipinski definition) is 2. The molecule has 4 nitrogen and oxygen atoms in total. The molecule has 2 rings (SSSR count). The van der Waals surface area contributed by atoms with E-state index in [9.17, 15) is 13.5 Å². The lowest BCUT2D eigenvalue weighted by Gasteiger charge is -2.27. The van der Waals surface area contributed by atoms with E-state index in [4.69, 9.17) is 0 Å². The summed E-state index contributed by atoms with van der Waals surface area (Å²) in [5.74, 6) is 0. The third-order valence-corrected chi connectivity index (χ3v) is 5.89. The molecule has 2 saturated carbocycles. The first kappa shape index (κ1) is 13.3. The van der Waals surface area contributed by atoms with E-state index in [1.807, 2.05) is 0 Å². The molecule has 5 heteroatoms. The summed E-state index contributed by atoms with van der Waals surface area (Å²) in [6.07, 6.45) is 7.81. The van der Waals surface area contributed by atoms with Crippen molar-refractivity contribution in [1.82, 2.24) is 5.32 Å². The van der Waals surface area contributed by atoms with Gasteiger partial charge in [0.15, 0.2) is 9.84 Å². The number of nitrogens with one attached hydrogen (secondary N) is 1. The van der Waals surface area contributed by atoms with Crippen molar-refractivity contribution in [2.75, 3.05) is 12.8 Å². The third kappa shape index (κ3) is 3.20. The SMILES string of the molecule is CS(=O)(=O)C1CCCC1NCC1(O)CCCC1. The molecule has 0 aromatic heterocycles. The zero-order valence-electron chi connectivity index (χ0n) is 10.5. The molecule has 100 valence electrons. The molecule has 0 saturated heterocycles. The average Bonchev–Trinajstić information content (AvgIpc) is 2.82. The van der Waals surface area contributed by atoms with Gasteiger partial charge in [0.05, 0.1) is 10.9 Å². The molecule has 2 unspecified atom stereocenters. The quantitative estimate of drug-likeness (QED) is 0.787. The van der Waals surface area contributed by atoms with Crippen LogP contribution in [0.15, 0.2) is 0 Å². The van der Waals surface area contributed by atoms with Crippen LogP contribution in [0.2, 0.25) is 0 Å². The summed E-state index contributed by atoms with van der Waals surface area (Å²) in [4.78, 5) is 0. The van der Waals surface area contributed by atoms with Crippen LogP contribution >= 0.6 is 0 Å². The van der Waals surface area contributed by atoms with Gasteiger partial charge in [-0.1, -0.05) is 19.3 Å². The van der Waals surface area contributed by atoms with Crippen LogP contribution in [0.3, 0.4) is 0 Å². The van der Waals surface area contributed by atoms with Crippen LogP contribution in [0, 0.1) is 0 Å². The monoisotopic (exact) mass is 261 g/mol. The highest BCUT2D eigenvalue weighted by molar-refractivity contribution is 7.91. The van der Waals surface area contributed by atoms with Gasteiger partial charge in [0.2, 0.25) is 0 Å². The molecule has 17 heavy (non-hydrogen) atoms. The first-order valence-electron chi connectivity index (χ1n) is 6.55. The van der Waals surface area contributed by atoms with Gasteiger partial charge in [-0.2, -0.15) is 0 Å². The minimum atomic E-state index is -2.96. The Morgan fingerprint density at radius 2 is 1.88 bits per heavy atom. The van der Waals surface area contributed by atoms with Gasteiger partial charge in [0.25, 0.3) is 0 Å². The van der Waals surface area contributed by atoms with E-state index in [1.54, 1.807) is 0 Å². The molecule has 2 fully saturated rings. The molecule has 0 radical (unpaired) electrons. The number of sulfone groups is 1. The van der Waals surface area contributed by atoms with Crippen molar-refractivity contribution in [2.45, 2.75) is 61.8 Å². The first-order chi connectivity index (χ1) is 7.91. The highest BCUT2D eigenvalue weighted by Crippen LogP contribution is 2.30. The average molecular weight is 261 g/mol. The van der Waals surface area contributed by atoms with Crippen molar-refractivity contribution >= 4 is 9.84 Å². The maximum Gasteiger partial charge on any atom is 0.151 e. The summed E-state index contributed by atoms with van der Waals surface area (Å²) in [6.45, 7) is 0.545. The largest absolute Gasteiger partial charge is 0.389 e. The molecule has 0 aromatic carbocycles. The number of aliphatic hydroxyl groups is 1. The molecule has 0 aliphatic heterocycles. The third-order valence-electron chi connectivity index (χ3n) is 4.23. The van der Waals surface area contributed by atoms with Gasteiger partial charge < -0.3 is 10.4 Å². The van der Waals surface area contributed by atoms with E-state index in [-0.39, 0.29) is 11.3 Å². The highest BCUT2D eigenvalue weighted by Gasteiger charge is 2.37. The summed E-state index contributed by atoms with van der Waals surface area (Å²) < 4.78 is 23.2. The van der Waals surface area contributed by atoms with Crippen molar-refractivity contribution in [3.63, 3.8) is 0 Å². The molecule has 0 spiro atoms. The lowest BCUT2D eigenvalue weighted by Crippen LogP contribution is -2.47. The molecule has 2 atom stereocenters. The van der Waals surface area contributed by atoms with E-state index < -0.39 is 15.4 Å². The molecular formula is C12H23NO3S. The molecule has 2 N–H and O–H groups in total. The number of hydrogen-bond acceptors (Lipinski definition) is 4. The fraction of sp³-hybridized carbons (Fsp3) is 1.00. The normalized spacial score (nSPS) is 33.1. The second-order valence-corrected chi connectivity index (χ2v) is 7.98. The lowest BCUT2D eigenvalue weighted by molar-refractivity contribution is 0.0451. The second-order valence-electron chi connectivity index (χ2n) is 5.72. The van der Waals surface area contributed by atoms with E-state index in [2.05, 4.69) is 5.32 Å². The zero-order chi connectivity index (χ0) is 12.5. The maximum atomic E-state index is 11.6. The summed E-state index contributed by atoms with van der Waals surface area (Å²) >= 11 is 0. The fourth-order valence-electron chi connectivity index (χ4n) is 3.20. The molecule has 0 amide bonds. The van der Waals surface area contributed by atoms with Crippen molar-refractivity contribution in [2.24, 2.45) is 0 Å². The molecule has 0 bridgehead atoms. The van der Waals surface area contributed by atoms with Gasteiger partial charge in [-0.15, -0.1) is 0 Å². The topological polar surface area (TPSA) is 66.4 Å². The number of rotatable bonds is 4. The standard InChI is InChI=1S/C12H23NO3S/c1-17(15,16)11-6-4-5-10(11)13-9-12(14)7-2-3-8-12/h10-11,13-14H,2-9H2,1H3. The first-order valence-corrected chi connectivity index (χ1v) is 8.51. The van der Waals surface area contributed by atoms with E-state index >= 15 is 0 Å². The van der Waals surface area contributed by atoms with Crippen molar-refractivity contribution in [3.8, 4) is 0 Å². The summed E-state index contributed by atoms with van der Waals surface area (Å²) in [5.41, 5.74) is -0.593. The van der Waals surface area contributed by atoms with Crippen molar-refractivity contribution in [1.29, 1.82) is 0 Å². The summed E-state index contributed by atoms with van der Waals surface area (Å²) in [6, 6.07) is 0.0367. The van der Waals surface area contributed by atoms with E-state index in [1.165, 1.54) is 6.26 Å². The van der Waals surface area contributed by atoms with Crippen LogP contribution in [-0.2, 0) is 9.84 Å². The molecule has 2 aliphatic carbocycles. The van der Waals surface area contributed by atoms with Crippen LogP contribution in [0.25, 0.3) is 0 Å². The predicted octanol–water partition coefficient (Wildman–Crippen LogP) is 0.847. The van der Waals surface area contributed by atoms with Gasteiger partial charge in [-0.05, 0) is 25.7 Å². The molecule has 0 heterocycles. The highest BCUT2D eigenvalue weighted by atomic mass is 32.2. The van der Waals surface area contributed by atoms with E-state index in [0.717, 1.165) is 44.9 Å². The van der Waals surface area contributed by atoms with Crippen LogP contribution < -0.4 is 5.32 Å². The van der Waals surface area contributed by atoms with Crippen molar-refractivity contribution < 1.29 is 13.5 Å². The zero-order valence-corrected chi connectivity index (χ0v) is 11.3. The Kier molecular flexibility index (Phi) is 3.80. The minimum Gasteiger partial charge on any atom is -0.389 e. The lowest BCUT2D eigenvalue weighted by atomic mass is 10.0.